The van der Waals surface area contributed by atoms with Crippen molar-refractivity contribution in [2.24, 2.45) is 0 Å². The zero-order valence-electron chi connectivity index (χ0n) is 6.30. The molecule has 0 aromatic rings. The Kier molecular flexibility index (Phi) is 2.83. The molecule has 58 valence electrons. The Morgan fingerprint density at radius 3 is 2.60 bits per heavy atom. The summed E-state index contributed by atoms with van der Waals surface area (Å²) in [5.74, 6) is 0.382. The molecular formula is C7H13NO2. The SMILES string of the molecule is COCN1CCC(=O)CC1. The lowest BCUT2D eigenvalue weighted by atomic mass is 10.1. The molecule has 0 atom stereocenters. The van der Waals surface area contributed by atoms with Crippen molar-refractivity contribution in [3.8, 4) is 0 Å². The third-order valence-electron chi connectivity index (χ3n) is 1.73. The molecule has 0 amide bonds. The van der Waals surface area contributed by atoms with Crippen molar-refractivity contribution in [1.82, 2.24) is 4.90 Å². The van der Waals surface area contributed by atoms with Crippen molar-refractivity contribution < 1.29 is 9.53 Å². The van der Waals surface area contributed by atoms with Gasteiger partial charge >= 0.3 is 0 Å². The molecule has 0 aromatic heterocycles. The Hall–Kier alpha value is -0.410. The highest BCUT2D eigenvalue weighted by atomic mass is 16.5. The summed E-state index contributed by atoms with van der Waals surface area (Å²) < 4.78 is 4.93. The monoisotopic (exact) mass is 143 g/mol. The predicted octanol–water partition coefficient (Wildman–Crippen LogP) is 0.255. The molecule has 0 spiro atoms. The van der Waals surface area contributed by atoms with Crippen LogP contribution in [-0.4, -0.2) is 37.6 Å². The molecule has 0 N–H and O–H groups in total. The zero-order valence-corrected chi connectivity index (χ0v) is 6.30. The van der Waals surface area contributed by atoms with E-state index in [0.717, 1.165) is 13.1 Å². The van der Waals surface area contributed by atoms with E-state index in [9.17, 15) is 4.79 Å². The number of methoxy groups -OCH3 is 1. The number of likely N-dealkylation sites (tertiary alicyclic amines) is 1. The lowest BCUT2D eigenvalue weighted by Gasteiger charge is -2.24. The summed E-state index contributed by atoms with van der Waals surface area (Å²) in [6.45, 7) is 2.40. The first-order valence-electron chi connectivity index (χ1n) is 3.56. The predicted molar refractivity (Wildman–Crippen MR) is 37.7 cm³/mol. The summed E-state index contributed by atoms with van der Waals surface area (Å²) in [4.78, 5) is 12.9. The number of carbonyl (C=O) groups excluding carboxylic acids is 1. The van der Waals surface area contributed by atoms with Gasteiger partial charge in [-0.15, -0.1) is 0 Å². The minimum absolute atomic E-state index is 0.382. The number of nitrogens with zero attached hydrogens (tertiary/aromatic N) is 1. The van der Waals surface area contributed by atoms with E-state index in [1.807, 2.05) is 0 Å². The van der Waals surface area contributed by atoms with E-state index in [0.29, 0.717) is 25.4 Å². The third kappa shape index (κ3) is 2.08. The van der Waals surface area contributed by atoms with Gasteiger partial charge < -0.3 is 4.74 Å². The van der Waals surface area contributed by atoms with Gasteiger partial charge in [-0.05, 0) is 0 Å². The van der Waals surface area contributed by atoms with E-state index >= 15 is 0 Å². The summed E-state index contributed by atoms with van der Waals surface area (Å²) in [5.41, 5.74) is 0. The summed E-state index contributed by atoms with van der Waals surface area (Å²) in [6, 6.07) is 0. The Morgan fingerprint density at radius 2 is 2.10 bits per heavy atom. The van der Waals surface area contributed by atoms with Gasteiger partial charge in [0.1, 0.15) is 5.78 Å². The van der Waals surface area contributed by atoms with Crippen LogP contribution in [0.5, 0.6) is 0 Å². The number of rotatable bonds is 2. The summed E-state index contributed by atoms with van der Waals surface area (Å²) in [6.07, 6.45) is 1.40. The highest BCUT2D eigenvalue weighted by molar-refractivity contribution is 5.79. The Balaban J connectivity index is 2.19. The maximum absolute atomic E-state index is 10.7. The molecule has 1 fully saturated rings. The van der Waals surface area contributed by atoms with Crippen LogP contribution in [0, 0.1) is 0 Å². The third-order valence-corrected chi connectivity index (χ3v) is 1.73. The van der Waals surface area contributed by atoms with Crippen molar-refractivity contribution >= 4 is 5.78 Å². The smallest absolute Gasteiger partial charge is 0.135 e. The van der Waals surface area contributed by atoms with Crippen molar-refractivity contribution in [2.45, 2.75) is 12.8 Å². The van der Waals surface area contributed by atoms with E-state index in [4.69, 9.17) is 4.74 Å². The van der Waals surface area contributed by atoms with E-state index in [1.165, 1.54) is 0 Å². The summed E-state index contributed by atoms with van der Waals surface area (Å²) in [7, 11) is 1.68. The van der Waals surface area contributed by atoms with Gasteiger partial charge in [-0.2, -0.15) is 0 Å². The molecule has 1 saturated heterocycles. The number of ketones is 1. The van der Waals surface area contributed by atoms with Crippen LogP contribution in [0.1, 0.15) is 12.8 Å². The Labute approximate surface area is 61.0 Å². The molecule has 0 unspecified atom stereocenters. The quantitative estimate of drug-likeness (QED) is 0.555. The topological polar surface area (TPSA) is 29.5 Å². The molecule has 3 nitrogen and oxygen atoms in total. The van der Waals surface area contributed by atoms with E-state index < -0.39 is 0 Å². The minimum atomic E-state index is 0.382. The van der Waals surface area contributed by atoms with Gasteiger partial charge in [0.05, 0.1) is 6.73 Å². The lowest BCUT2D eigenvalue weighted by Crippen LogP contribution is -2.34. The van der Waals surface area contributed by atoms with Crippen molar-refractivity contribution in [3.63, 3.8) is 0 Å². The van der Waals surface area contributed by atoms with Gasteiger partial charge in [-0.3, -0.25) is 9.69 Å². The van der Waals surface area contributed by atoms with Gasteiger partial charge in [0.15, 0.2) is 0 Å². The molecule has 0 saturated carbocycles. The molecule has 1 aliphatic heterocycles. The number of Topliss-reactive ketones (excluding diaryl/α,β-unsaturated/α-hetero) is 1. The molecule has 0 aliphatic carbocycles. The number of carbonyl (C=O) groups is 1. The molecule has 10 heavy (non-hydrogen) atoms. The average Bonchev–Trinajstić information content (AvgIpc) is 1.95. The lowest BCUT2D eigenvalue weighted by molar-refractivity contribution is -0.122. The molecule has 0 bridgehead atoms. The Bertz CT molecular complexity index is 115. The molecule has 0 radical (unpaired) electrons. The van der Waals surface area contributed by atoms with Crippen LogP contribution in [0.2, 0.25) is 0 Å². The van der Waals surface area contributed by atoms with Gasteiger partial charge in [-0.1, -0.05) is 0 Å². The molecule has 1 rings (SSSR count). The maximum atomic E-state index is 10.7. The number of ether oxygens (including phenoxy) is 1. The van der Waals surface area contributed by atoms with Gasteiger partial charge in [0, 0.05) is 33.0 Å². The highest BCUT2D eigenvalue weighted by Gasteiger charge is 2.14. The molecule has 1 heterocycles. The van der Waals surface area contributed by atoms with Crippen LogP contribution in [0.15, 0.2) is 0 Å². The van der Waals surface area contributed by atoms with Crippen LogP contribution >= 0.6 is 0 Å². The fraction of sp³-hybridized carbons (Fsp3) is 0.857. The maximum Gasteiger partial charge on any atom is 0.135 e. The van der Waals surface area contributed by atoms with E-state index in [2.05, 4.69) is 4.90 Å². The van der Waals surface area contributed by atoms with Crippen LogP contribution in [-0.2, 0) is 9.53 Å². The van der Waals surface area contributed by atoms with Crippen LogP contribution in [0.4, 0.5) is 0 Å². The highest BCUT2D eigenvalue weighted by Crippen LogP contribution is 2.04. The number of piperidine rings is 1. The second-order valence-electron chi connectivity index (χ2n) is 2.57. The molecular weight excluding hydrogens is 130 g/mol. The van der Waals surface area contributed by atoms with E-state index in [1.54, 1.807) is 7.11 Å². The first-order valence-corrected chi connectivity index (χ1v) is 3.56. The normalized spacial score (nSPS) is 21.5. The second-order valence-corrected chi connectivity index (χ2v) is 2.57. The van der Waals surface area contributed by atoms with Crippen molar-refractivity contribution in [1.29, 1.82) is 0 Å². The van der Waals surface area contributed by atoms with Crippen molar-refractivity contribution in [2.75, 3.05) is 26.9 Å². The first kappa shape index (κ1) is 7.69. The van der Waals surface area contributed by atoms with Crippen LogP contribution < -0.4 is 0 Å². The molecule has 0 aromatic carbocycles. The summed E-state index contributed by atoms with van der Waals surface area (Å²) >= 11 is 0. The molecule has 1 aliphatic rings. The average molecular weight is 143 g/mol. The summed E-state index contributed by atoms with van der Waals surface area (Å²) in [5, 5.41) is 0. The van der Waals surface area contributed by atoms with Crippen LogP contribution in [0.3, 0.4) is 0 Å². The van der Waals surface area contributed by atoms with Gasteiger partial charge in [-0.25, -0.2) is 0 Å². The Morgan fingerprint density at radius 1 is 1.50 bits per heavy atom. The van der Waals surface area contributed by atoms with Gasteiger partial charge in [0.25, 0.3) is 0 Å². The van der Waals surface area contributed by atoms with E-state index in [-0.39, 0.29) is 0 Å². The van der Waals surface area contributed by atoms with Gasteiger partial charge in [0.2, 0.25) is 0 Å². The second kappa shape index (κ2) is 3.68. The standard InChI is InChI=1S/C7H13NO2/c1-10-6-8-4-2-7(9)3-5-8/h2-6H2,1H3. The number of hydrogen-bond acceptors (Lipinski definition) is 3. The first-order chi connectivity index (χ1) is 4.83. The number of hydrogen-bond donors (Lipinski definition) is 0. The van der Waals surface area contributed by atoms with Crippen LogP contribution in [0.25, 0.3) is 0 Å². The van der Waals surface area contributed by atoms with Crippen molar-refractivity contribution in [3.05, 3.63) is 0 Å². The fourth-order valence-electron chi connectivity index (χ4n) is 1.11. The molecule has 3 heteroatoms. The largest absolute Gasteiger partial charge is 0.369 e. The fourth-order valence-corrected chi connectivity index (χ4v) is 1.11. The zero-order chi connectivity index (χ0) is 7.40. The minimum Gasteiger partial charge on any atom is -0.369 e.